The predicted octanol–water partition coefficient (Wildman–Crippen LogP) is -0.357. The Morgan fingerprint density at radius 3 is 2.64 bits per heavy atom. The molecule has 0 unspecified atom stereocenters. The van der Waals surface area contributed by atoms with E-state index >= 15 is 0 Å². The fourth-order valence-corrected chi connectivity index (χ4v) is 1.11. The number of nitrogens with one attached hydrogen (secondary N) is 1. The lowest BCUT2D eigenvalue weighted by molar-refractivity contribution is 0.824. The maximum Gasteiger partial charge on any atom is 0.231 e. The maximum absolute atomic E-state index is 5.21. The number of hydrogen-bond acceptors (Lipinski definition) is 2. The number of aliphatic imine (C=N–C) groups is 1. The van der Waals surface area contributed by atoms with Crippen LogP contribution in [-0.2, 0) is 0 Å². The monoisotopic (exact) mass is 193 g/mol. The predicted molar refractivity (Wildman–Crippen MR) is 55.2 cm³/mol. The molecule has 1 heterocycles. The largest absolute Gasteiger partial charge is 0.412 e. The van der Waals surface area contributed by atoms with E-state index in [-0.39, 0.29) is 11.4 Å². The van der Waals surface area contributed by atoms with Gasteiger partial charge in [0.25, 0.3) is 0 Å². The van der Waals surface area contributed by atoms with Crippen molar-refractivity contribution in [1.82, 2.24) is 9.97 Å². The van der Waals surface area contributed by atoms with Crippen LogP contribution in [0.15, 0.2) is 29.3 Å². The number of nitrogens with zero attached hydrogens (tertiary/aromatic N) is 2. The summed E-state index contributed by atoms with van der Waals surface area (Å²) >= 11 is 0. The van der Waals surface area contributed by atoms with Gasteiger partial charge >= 0.3 is 0 Å². The summed E-state index contributed by atoms with van der Waals surface area (Å²) < 4.78 is 0. The van der Waals surface area contributed by atoms with E-state index in [1.165, 1.54) is 0 Å². The molecule has 1 aromatic carbocycles. The number of nitrogens with two attached hydrogens (primary N) is 2. The SMILES string of the molecule is NC(N)=Nc1nc2ccccc2[nH]1.O. The molecule has 0 atom stereocenters. The number of H-pyrrole nitrogens is 1. The molecule has 0 spiro atoms. The molecule has 0 radical (unpaired) electrons. The summed E-state index contributed by atoms with van der Waals surface area (Å²) in [5, 5.41) is 0. The fourth-order valence-electron chi connectivity index (χ4n) is 1.11. The molecule has 2 aromatic rings. The second kappa shape index (κ2) is 3.75. The number of aromatic amines is 1. The lowest BCUT2D eigenvalue weighted by atomic mass is 10.3. The number of para-hydroxylation sites is 2. The summed E-state index contributed by atoms with van der Waals surface area (Å²) in [4.78, 5) is 10.9. The van der Waals surface area contributed by atoms with Crippen molar-refractivity contribution in [3.05, 3.63) is 24.3 Å². The average molecular weight is 193 g/mol. The van der Waals surface area contributed by atoms with E-state index in [0.717, 1.165) is 11.0 Å². The minimum absolute atomic E-state index is 0. The fraction of sp³-hybridized carbons (Fsp3) is 0. The molecule has 0 saturated carbocycles. The summed E-state index contributed by atoms with van der Waals surface area (Å²) in [5.74, 6) is 0.431. The van der Waals surface area contributed by atoms with E-state index < -0.39 is 0 Å². The smallest absolute Gasteiger partial charge is 0.231 e. The van der Waals surface area contributed by atoms with Crippen molar-refractivity contribution in [2.24, 2.45) is 16.5 Å². The van der Waals surface area contributed by atoms with E-state index in [9.17, 15) is 0 Å². The zero-order valence-corrected chi connectivity index (χ0v) is 7.36. The van der Waals surface area contributed by atoms with Crippen LogP contribution in [0, 0.1) is 0 Å². The molecule has 0 bridgehead atoms. The highest BCUT2D eigenvalue weighted by Gasteiger charge is 1.99. The van der Waals surface area contributed by atoms with Gasteiger partial charge < -0.3 is 21.9 Å². The normalized spacial score (nSPS) is 9.43. The molecule has 6 nitrogen and oxygen atoms in total. The van der Waals surface area contributed by atoms with Crippen molar-refractivity contribution >= 4 is 22.9 Å². The van der Waals surface area contributed by atoms with Crippen LogP contribution >= 0.6 is 0 Å². The van der Waals surface area contributed by atoms with Crippen molar-refractivity contribution in [2.45, 2.75) is 0 Å². The Labute approximate surface area is 80.0 Å². The zero-order chi connectivity index (χ0) is 9.26. The lowest BCUT2D eigenvalue weighted by Gasteiger charge is -1.85. The van der Waals surface area contributed by atoms with Crippen LogP contribution in [0.25, 0.3) is 11.0 Å². The lowest BCUT2D eigenvalue weighted by Crippen LogP contribution is -2.22. The third kappa shape index (κ3) is 1.80. The molecule has 1 aromatic heterocycles. The highest BCUT2D eigenvalue weighted by molar-refractivity contribution is 5.81. The van der Waals surface area contributed by atoms with Gasteiger partial charge in [-0.15, -0.1) is 0 Å². The third-order valence-corrected chi connectivity index (χ3v) is 1.61. The second-order valence-electron chi connectivity index (χ2n) is 2.61. The maximum atomic E-state index is 5.21. The number of aromatic nitrogens is 2. The van der Waals surface area contributed by atoms with Crippen LogP contribution in [0.1, 0.15) is 0 Å². The number of fused-ring (bicyclic) bond motifs is 1. The van der Waals surface area contributed by atoms with Gasteiger partial charge in [-0.1, -0.05) is 12.1 Å². The van der Waals surface area contributed by atoms with Gasteiger partial charge in [0.05, 0.1) is 11.0 Å². The first kappa shape index (κ1) is 10.0. The van der Waals surface area contributed by atoms with Crippen LogP contribution < -0.4 is 11.5 Å². The molecule has 74 valence electrons. The van der Waals surface area contributed by atoms with Gasteiger partial charge in [0.1, 0.15) is 0 Å². The first-order chi connectivity index (χ1) is 6.25. The number of benzene rings is 1. The van der Waals surface area contributed by atoms with Crippen molar-refractivity contribution in [3.8, 4) is 0 Å². The topological polar surface area (TPSA) is 125 Å². The van der Waals surface area contributed by atoms with E-state index in [1.54, 1.807) is 0 Å². The molecule has 0 aliphatic carbocycles. The number of imidazole rings is 1. The molecule has 0 fully saturated rings. The molecule has 6 heteroatoms. The Balaban J connectivity index is 0.000000980. The Hall–Kier alpha value is -2.08. The zero-order valence-electron chi connectivity index (χ0n) is 7.36. The van der Waals surface area contributed by atoms with Crippen molar-refractivity contribution in [2.75, 3.05) is 0 Å². The highest BCUT2D eigenvalue weighted by atomic mass is 16.0. The van der Waals surface area contributed by atoms with Crippen molar-refractivity contribution in [3.63, 3.8) is 0 Å². The molecule has 0 aliphatic rings. The molecule has 0 aliphatic heterocycles. The second-order valence-corrected chi connectivity index (χ2v) is 2.61. The summed E-state index contributed by atoms with van der Waals surface area (Å²) in [7, 11) is 0. The van der Waals surface area contributed by atoms with Gasteiger partial charge in [-0.25, -0.2) is 4.98 Å². The van der Waals surface area contributed by atoms with Crippen LogP contribution in [0.3, 0.4) is 0 Å². The number of hydrogen-bond donors (Lipinski definition) is 3. The average Bonchev–Trinajstić information content (AvgIpc) is 2.44. The summed E-state index contributed by atoms with van der Waals surface area (Å²) in [6, 6.07) is 7.62. The summed E-state index contributed by atoms with van der Waals surface area (Å²) in [5.41, 5.74) is 12.2. The van der Waals surface area contributed by atoms with Gasteiger partial charge in [0.2, 0.25) is 5.95 Å². The van der Waals surface area contributed by atoms with Crippen molar-refractivity contribution < 1.29 is 5.48 Å². The van der Waals surface area contributed by atoms with Gasteiger partial charge in [-0.2, -0.15) is 4.99 Å². The van der Waals surface area contributed by atoms with Gasteiger partial charge in [0, 0.05) is 0 Å². The quantitative estimate of drug-likeness (QED) is 0.423. The van der Waals surface area contributed by atoms with Crippen LogP contribution in [0.4, 0.5) is 5.95 Å². The molecule has 0 amide bonds. The van der Waals surface area contributed by atoms with E-state index in [4.69, 9.17) is 11.5 Å². The standard InChI is InChI=1S/C8H9N5.H2O/c9-7(10)13-8-11-5-3-1-2-4-6(5)12-8;/h1-4H,(H5,9,10,11,12,13);1H2. The Kier molecular flexibility index (Phi) is 2.68. The van der Waals surface area contributed by atoms with Gasteiger partial charge in [0.15, 0.2) is 5.96 Å². The molecule has 14 heavy (non-hydrogen) atoms. The summed E-state index contributed by atoms with van der Waals surface area (Å²) in [6.07, 6.45) is 0. The minimum Gasteiger partial charge on any atom is -0.412 e. The van der Waals surface area contributed by atoms with Crippen LogP contribution in [0.5, 0.6) is 0 Å². The number of rotatable bonds is 1. The highest BCUT2D eigenvalue weighted by Crippen LogP contribution is 2.14. The van der Waals surface area contributed by atoms with Crippen molar-refractivity contribution in [1.29, 1.82) is 0 Å². The Morgan fingerprint density at radius 2 is 2.00 bits per heavy atom. The van der Waals surface area contributed by atoms with E-state index in [1.807, 2.05) is 24.3 Å². The minimum atomic E-state index is -0.000874. The molecular formula is C8H11N5O. The first-order valence-corrected chi connectivity index (χ1v) is 3.80. The first-order valence-electron chi connectivity index (χ1n) is 3.80. The summed E-state index contributed by atoms with van der Waals surface area (Å²) in [6.45, 7) is 0. The van der Waals surface area contributed by atoms with E-state index in [0.29, 0.717) is 5.95 Å². The molecular weight excluding hydrogens is 182 g/mol. The number of guanidine groups is 1. The molecule has 0 saturated heterocycles. The third-order valence-electron chi connectivity index (χ3n) is 1.61. The Morgan fingerprint density at radius 1 is 1.29 bits per heavy atom. The Bertz CT molecular complexity index is 424. The van der Waals surface area contributed by atoms with Gasteiger partial charge in [-0.05, 0) is 12.1 Å². The molecule has 7 N–H and O–H groups in total. The van der Waals surface area contributed by atoms with Crippen LogP contribution in [-0.4, -0.2) is 21.4 Å². The molecule has 2 rings (SSSR count). The van der Waals surface area contributed by atoms with E-state index in [2.05, 4.69) is 15.0 Å². The van der Waals surface area contributed by atoms with Gasteiger partial charge in [-0.3, -0.25) is 0 Å². The van der Waals surface area contributed by atoms with Crippen LogP contribution in [0.2, 0.25) is 0 Å².